The molecule has 0 aliphatic heterocycles. The summed E-state index contributed by atoms with van der Waals surface area (Å²) in [5.74, 6) is 0. The minimum atomic E-state index is -0.0605. The fraction of sp³-hybridized carbons (Fsp3) is 0.600. The molecule has 0 saturated heterocycles. The van der Waals surface area contributed by atoms with Gasteiger partial charge < -0.3 is 10.1 Å². The van der Waals surface area contributed by atoms with Gasteiger partial charge in [-0.2, -0.15) is 0 Å². The third-order valence-corrected chi connectivity index (χ3v) is 4.48. The second-order valence-corrected chi connectivity index (χ2v) is 6.15. The lowest BCUT2D eigenvalue weighted by Crippen LogP contribution is -2.26. The van der Waals surface area contributed by atoms with Gasteiger partial charge in [0, 0.05) is 17.6 Å². The molecule has 102 valence electrons. The molecule has 0 radical (unpaired) electrons. The van der Waals surface area contributed by atoms with Gasteiger partial charge in [0.2, 0.25) is 0 Å². The fourth-order valence-electron chi connectivity index (χ4n) is 2.05. The van der Waals surface area contributed by atoms with E-state index < -0.39 is 0 Å². The number of rotatable bonds is 6. The molecule has 0 aromatic heterocycles. The van der Waals surface area contributed by atoms with E-state index in [1.807, 2.05) is 7.05 Å². The summed E-state index contributed by atoms with van der Waals surface area (Å²) in [6, 6.07) is 6.75. The van der Waals surface area contributed by atoms with Crippen molar-refractivity contribution in [2.75, 3.05) is 14.2 Å². The molecule has 0 aliphatic rings. The maximum atomic E-state index is 5.49. The van der Waals surface area contributed by atoms with Crippen LogP contribution < -0.4 is 5.32 Å². The maximum Gasteiger partial charge on any atom is 0.0623 e. The molecule has 1 N–H and O–H groups in total. The van der Waals surface area contributed by atoms with Gasteiger partial charge in [-0.1, -0.05) is 28.1 Å². The lowest BCUT2D eigenvalue weighted by atomic mass is 9.93. The van der Waals surface area contributed by atoms with Crippen molar-refractivity contribution in [3.63, 3.8) is 0 Å². The summed E-state index contributed by atoms with van der Waals surface area (Å²) in [5.41, 5.74) is 2.61. The molecule has 2 nitrogen and oxygen atoms in total. The van der Waals surface area contributed by atoms with Crippen LogP contribution in [0.15, 0.2) is 22.7 Å². The van der Waals surface area contributed by atoms with Crippen molar-refractivity contribution in [2.24, 2.45) is 0 Å². The average Bonchev–Trinajstić information content (AvgIpc) is 2.35. The second-order valence-electron chi connectivity index (χ2n) is 5.30. The molecule has 0 heterocycles. The first-order chi connectivity index (χ1) is 8.41. The van der Waals surface area contributed by atoms with Gasteiger partial charge in [-0.05, 0) is 57.9 Å². The van der Waals surface area contributed by atoms with E-state index in [1.54, 1.807) is 7.11 Å². The van der Waals surface area contributed by atoms with Gasteiger partial charge in [-0.15, -0.1) is 0 Å². The van der Waals surface area contributed by atoms with E-state index in [2.05, 4.69) is 60.2 Å². The monoisotopic (exact) mass is 313 g/mol. The minimum absolute atomic E-state index is 0.0605. The molecule has 0 amide bonds. The zero-order valence-corrected chi connectivity index (χ0v) is 13.6. The summed E-state index contributed by atoms with van der Waals surface area (Å²) in [7, 11) is 3.80. The Morgan fingerprint density at radius 3 is 2.61 bits per heavy atom. The molecule has 0 saturated carbocycles. The number of hydrogen-bond acceptors (Lipinski definition) is 2. The number of methoxy groups -OCH3 is 1. The van der Waals surface area contributed by atoms with Crippen molar-refractivity contribution in [1.82, 2.24) is 5.32 Å². The molecule has 0 aliphatic carbocycles. The first-order valence-electron chi connectivity index (χ1n) is 6.38. The Morgan fingerprint density at radius 2 is 2.06 bits per heavy atom. The van der Waals surface area contributed by atoms with Crippen LogP contribution in [0.2, 0.25) is 0 Å². The quantitative estimate of drug-likeness (QED) is 0.849. The van der Waals surface area contributed by atoms with Crippen molar-refractivity contribution in [2.45, 2.75) is 45.3 Å². The van der Waals surface area contributed by atoms with Crippen molar-refractivity contribution in [3.8, 4) is 0 Å². The van der Waals surface area contributed by atoms with Gasteiger partial charge in [-0.25, -0.2) is 0 Å². The van der Waals surface area contributed by atoms with Gasteiger partial charge in [0.1, 0.15) is 0 Å². The van der Waals surface area contributed by atoms with E-state index in [-0.39, 0.29) is 5.60 Å². The summed E-state index contributed by atoms with van der Waals surface area (Å²) in [5, 5.41) is 3.41. The highest BCUT2D eigenvalue weighted by Crippen LogP contribution is 2.29. The minimum Gasteiger partial charge on any atom is -0.379 e. The van der Waals surface area contributed by atoms with Crippen LogP contribution >= 0.6 is 15.9 Å². The van der Waals surface area contributed by atoms with Crippen LogP contribution in [0.25, 0.3) is 0 Å². The van der Waals surface area contributed by atoms with Crippen LogP contribution in [0.4, 0.5) is 0 Å². The van der Waals surface area contributed by atoms with Crippen molar-refractivity contribution < 1.29 is 4.74 Å². The van der Waals surface area contributed by atoms with Crippen molar-refractivity contribution in [3.05, 3.63) is 33.8 Å². The molecule has 1 aromatic rings. The Balaban J connectivity index is 2.81. The molecule has 0 bridgehead atoms. The predicted molar refractivity (Wildman–Crippen MR) is 81.0 cm³/mol. The summed E-state index contributed by atoms with van der Waals surface area (Å²) >= 11 is 3.60. The van der Waals surface area contributed by atoms with E-state index in [9.17, 15) is 0 Å². The first-order valence-corrected chi connectivity index (χ1v) is 7.18. The molecular formula is C15H24BrNO. The number of nitrogens with one attached hydrogen (secondary N) is 1. The van der Waals surface area contributed by atoms with Gasteiger partial charge >= 0.3 is 0 Å². The smallest absolute Gasteiger partial charge is 0.0623 e. The van der Waals surface area contributed by atoms with E-state index in [4.69, 9.17) is 4.74 Å². The highest BCUT2D eigenvalue weighted by molar-refractivity contribution is 9.10. The lowest BCUT2D eigenvalue weighted by molar-refractivity contribution is 0.0118. The Bertz CT molecular complexity index is 390. The summed E-state index contributed by atoms with van der Waals surface area (Å²) < 4.78 is 6.66. The van der Waals surface area contributed by atoms with Crippen molar-refractivity contribution in [1.29, 1.82) is 0 Å². The topological polar surface area (TPSA) is 21.3 Å². The highest BCUT2D eigenvalue weighted by atomic mass is 79.9. The summed E-state index contributed by atoms with van der Waals surface area (Å²) in [6.45, 7) is 6.42. The van der Waals surface area contributed by atoms with Crippen LogP contribution in [0, 0.1) is 6.92 Å². The molecule has 1 rings (SSSR count). The number of halogens is 1. The molecular weight excluding hydrogens is 290 g/mol. The Hall–Kier alpha value is -0.380. The van der Waals surface area contributed by atoms with Crippen LogP contribution in [0.5, 0.6) is 0 Å². The van der Waals surface area contributed by atoms with Gasteiger partial charge in [-0.3, -0.25) is 0 Å². The zero-order valence-electron chi connectivity index (χ0n) is 12.0. The van der Waals surface area contributed by atoms with Crippen LogP contribution in [0.1, 0.15) is 43.9 Å². The molecule has 0 spiro atoms. The van der Waals surface area contributed by atoms with E-state index >= 15 is 0 Å². The highest BCUT2D eigenvalue weighted by Gasteiger charge is 2.20. The molecule has 0 fully saturated rings. The molecule has 1 atom stereocenters. The Labute approximate surface area is 119 Å². The Morgan fingerprint density at radius 1 is 1.39 bits per heavy atom. The third kappa shape index (κ3) is 4.08. The lowest BCUT2D eigenvalue weighted by Gasteiger charge is -2.27. The van der Waals surface area contributed by atoms with E-state index in [0.29, 0.717) is 6.04 Å². The largest absolute Gasteiger partial charge is 0.379 e. The van der Waals surface area contributed by atoms with Crippen molar-refractivity contribution >= 4 is 15.9 Å². The van der Waals surface area contributed by atoms with Gasteiger partial charge in [0.05, 0.1) is 5.60 Å². The molecule has 3 heteroatoms. The zero-order chi connectivity index (χ0) is 13.8. The standard InChI is InChI=1S/C15H24BrNO/c1-11-12(7-6-8-13(11)16)14(17-4)9-10-15(2,3)18-5/h6-8,14,17H,9-10H2,1-5H3. The Kier molecular flexibility index (Phi) is 5.83. The average molecular weight is 314 g/mol. The SMILES string of the molecule is CNC(CCC(C)(C)OC)c1cccc(Br)c1C. The van der Waals surface area contributed by atoms with E-state index in [0.717, 1.165) is 12.8 Å². The maximum absolute atomic E-state index is 5.49. The fourth-order valence-corrected chi connectivity index (χ4v) is 2.43. The number of ether oxygens (including phenoxy) is 1. The number of benzene rings is 1. The van der Waals surface area contributed by atoms with Gasteiger partial charge in [0.15, 0.2) is 0 Å². The normalized spacial score (nSPS) is 13.7. The van der Waals surface area contributed by atoms with Crippen LogP contribution in [-0.2, 0) is 4.74 Å². The summed E-state index contributed by atoms with van der Waals surface area (Å²) in [6.07, 6.45) is 2.09. The molecule has 1 unspecified atom stereocenters. The third-order valence-electron chi connectivity index (χ3n) is 3.62. The first kappa shape index (κ1) is 15.7. The van der Waals surface area contributed by atoms with Crippen LogP contribution in [0.3, 0.4) is 0 Å². The van der Waals surface area contributed by atoms with E-state index in [1.165, 1.54) is 15.6 Å². The summed E-state index contributed by atoms with van der Waals surface area (Å²) in [4.78, 5) is 0. The van der Waals surface area contributed by atoms with Crippen LogP contribution in [-0.4, -0.2) is 19.8 Å². The second kappa shape index (κ2) is 6.69. The predicted octanol–water partition coefficient (Wildman–Crippen LogP) is 4.22. The molecule has 1 aromatic carbocycles. The molecule has 18 heavy (non-hydrogen) atoms. The van der Waals surface area contributed by atoms with Gasteiger partial charge in [0.25, 0.3) is 0 Å². The number of hydrogen-bond donors (Lipinski definition) is 1.